The molecule has 2 bridgehead atoms. The highest BCUT2D eigenvalue weighted by Crippen LogP contribution is 2.40. The van der Waals surface area contributed by atoms with Gasteiger partial charge >= 0.3 is 5.97 Å². The molecule has 160 valence electrons. The zero-order valence-electron chi connectivity index (χ0n) is 17.2. The Balaban J connectivity index is 1.32. The van der Waals surface area contributed by atoms with Crippen LogP contribution in [0.15, 0.2) is 72.8 Å². The van der Waals surface area contributed by atoms with E-state index in [2.05, 4.69) is 53.4 Å². The number of carboxylic acid groups (broad SMARTS) is 1. The second-order valence-electron chi connectivity index (χ2n) is 8.43. The third kappa shape index (κ3) is 3.66. The Kier molecular flexibility index (Phi) is 5.34. The number of benzene rings is 2. The Labute approximate surface area is 181 Å². The van der Waals surface area contributed by atoms with Gasteiger partial charge in [0.2, 0.25) is 5.91 Å². The van der Waals surface area contributed by atoms with Gasteiger partial charge in [-0.2, -0.15) is 0 Å². The molecule has 2 saturated heterocycles. The number of carboxylic acids is 1. The first-order chi connectivity index (χ1) is 15.1. The number of hydrogen-bond acceptors (Lipinski definition) is 4. The highest BCUT2D eigenvalue weighted by Gasteiger charge is 2.54. The zero-order chi connectivity index (χ0) is 21.4. The van der Waals surface area contributed by atoms with Gasteiger partial charge in [-0.3, -0.25) is 14.5 Å². The van der Waals surface area contributed by atoms with Crippen LogP contribution in [0.4, 0.5) is 0 Å². The van der Waals surface area contributed by atoms with Gasteiger partial charge < -0.3 is 14.7 Å². The number of aliphatic carboxylic acids is 1. The fourth-order valence-electron chi connectivity index (χ4n) is 5.19. The number of carbonyl (C=O) groups is 2. The quantitative estimate of drug-likeness (QED) is 0.756. The van der Waals surface area contributed by atoms with Gasteiger partial charge in [0.1, 0.15) is 5.92 Å². The van der Waals surface area contributed by atoms with E-state index < -0.39 is 30.0 Å². The van der Waals surface area contributed by atoms with Crippen LogP contribution in [-0.2, 0) is 14.3 Å². The first-order valence-corrected chi connectivity index (χ1v) is 10.8. The lowest BCUT2D eigenvalue weighted by molar-refractivity contribution is -0.150. The molecular formula is C25H26N2O4. The van der Waals surface area contributed by atoms with E-state index in [1.54, 1.807) is 6.08 Å². The molecule has 0 aliphatic carbocycles. The summed E-state index contributed by atoms with van der Waals surface area (Å²) < 4.78 is 5.70. The number of carbonyl (C=O) groups excluding carboxylic acids is 1. The summed E-state index contributed by atoms with van der Waals surface area (Å²) in [5.74, 6) is -2.47. The maximum atomic E-state index is 13.3. The average molecular weight is 418 g/mol. The van der Waals surface area contributed by atoms with E-state index in [1.165, 1.54) is 11.1 Å². The lowest BCUT2D eigenvalue weighted by atomic mass is 9.82. The maximum Gasteiger partial charge on any atom is 0.310 e. The van der Waals surface area contributed by atoms with E-state index in [-0.39, 0.29) is 11.9 Å². The number of ether oxygens (including phenoxy) is 1. The molecule has 0 spiro atoms. The second kappa shape index (κ2) is 8.29. The predicted octanol–water partition coefficient (Wildman–Crippen LogP) is 2.57. The van der Waals surface area contributed by atoms with Crippen LogP contribution >= 0.6 is 0 Å². The Hall–Kier alpha value is -2.96. The van der Waals surface area contributed by atoms with Gasteiger partial charge in [-0.15, -0.1) is 0 Å². The van der Waals surface area contributed by atoms with Crippen LogP contribution in [0.3, 0.4) is 0 Å². The van der Waals surface area contributed by atoms with Crippen LogP contribution in [0.25, 0.3) is 0 Å². The van der Waals surface area contributed by atoms with Crippen molar-refractivity contribution in [1.82, 2.24) is 9.80 Å². The summed E-state index contributed by atoms with van der Waals surface area (Å²) in [4.78, 5) is 29.2. The monoisotopic (exact) mass is 418 g/mol. The smallest absolute Gasteiger partial charge is 0.310 e. The van der Waals surface area contributed by atoms with Gasteiger partial charge in [-0.25, -0.2) is 0 Å². The van der Waals surface area contributed by atoms with E-state index in [0.29, 0.717) is 13.1 Å². The third-order valence-corrected chi connectivity index (χ3v) is 6.69. The van der Waals surface area contributed by atoms with Gasteiger partial charge in [0, 0.05) is 26.2 Å². The Morgan fingerprint density at radius 2 is 1.32 bits per heavy atom. The SMILES string of the molecule is O=C(O)[C@@H]1[C@@H](C(=O)N2CCN(C(c3ccccc3)c3ccccc3)CC2)[C@@H]2C=C[C@@H]1O2. The van der Waals surface area contributed by atoms with Gasteiger partial charge in [0.05, 0.1) is 24.2 Å². The van der Waals surface area contributed by atoms with Crippen molar-refractivity contribution in [2.24, 2.45) is 11.8 Å². The summed E-state index contributed by atoms with van der Waals surface area (Å²) in [6, 6.07) is 21.0. The van der Waals surface area contributed by atoms with Crippen molar-refractivity contribution in [1.29, 1.82) is 0 Å². The topological polar surface area (TPSA) is 70.1 Å². The van der Waals surface area contributed by atoms with Crippen LogP contribution in [-0.4, -0.2) is 65.2 Å². The molecule has 31 heavy (non-hydrogen) atoms. The molecular weight excluding hydrogens is 392 g/mol. The van der Waals surface area contributed by atoms with E-state index in [9.17, 15) is 14.7 Å². The van der Waals surface area contributed by atoms with Crippen LogP contribution in [0, 0.1) is 11.8 Å². The minimum atomic E-state index is -0.956. The van der Waals surface area contributed by atoms with Crippen molar-refractivity contribution in [3.63, 3.8) is 0 Å². The van der Waals surface area contributed by atoms with E-state index >= 15 is 0 Å². The summed E-state index contributed by atoms with van der Waals surface area (Å²) >= 11 is 0. The highest BCUT2D eigenvalue weighted by atomic mass is 16.5. The van der Waals surface area contributed by atoms with E-state index in [4.69, 9.17) is 4.74 Å². The fourth-order valence-corrected chi connectivity index (χ4v) is 5.19. The molecule has 3 heterocycles. The predicted molar refractivity (Wildman–Crippen MR) is 115 cm³/mol. The van der Waals surface area contributed by atoms with Crippen molar-refractivity contribution in [3.8, 4) is 0 Å². The van der Waals surface area contributed by atoms with Crippen molar-refractivity contribution in [2.75, 3.05) is 26.2 Å². The highest BCUT2D eigenvalue weighted by molar-refractivity contribution is 5.87. The van der Waals surface area contributed by atoms with Gasteiger partial charge in [0.25, 0.3) is 0 Å². The molecule has 1 amide bonds. The zero-order valence-corrected chi connectivity index (χ0v) is 17.2. The maximum absolute atomic E-state index is 13.3. The van der Waals surface area contributed by atoms with Crippen molar-refractivity contribution < 1.29 is 19.4 Å². The van der Waals surface area contributed by atoms with Crippen LogP contribution in [0.5, 0.6) is 0 Å². The lowest BCUT2D eigenvalue weighted by Gasteiger charge is -2.41. The molecule has 0 unspecified atom stereocenters. The molecule has 6 nitrogen and oxygen atoms in total. The molecule has 6 heteroatoms. The molecule has 4 atom stereocenters. The average Bonchev–Trinajstić information content (AvgIpc) is 3.43. The van der Waals surface area contributed by atoms with Crippen molar-refractivity contribution in [2.45, 2.75) is 18.2 Å². The molecule has 1 N–H and O–H groups in total. The first-order valence-electron chi connectivity index (χ1n) is 10.8. The molecule has 2 aromatic carbocycles. The summed E-state index contributed by atoms with van der Waals surface area (Å²) in [7, 11) is 0. The minimum Gasteiger partial charge on any atom is -0.481 e. The lowest BCUT2D eigenvalue weighted by Crippen LogP contribution is -2.53. The number of fused-ring (bicyclic) bond motifs is 2. The molecule has 5 rings (SSSR count). The number of amides is 1. The molecule has 0 saturated carbocycles. The fraction of sp³-hybridized carbons (Fsp3) is 0.360. The van der Waals surface area contributed by atoms with Crippen molar-refractivity contribution in [3.05, 3.63) is 83.9 Å². The Bertz CT molecular complexity index is 930. The van der Waals surface area contributed by atoms with E-state index in [0.717, 1.165) is 13.1 Å². The summed E-state index contributed by atoms with van der Waals surface area (Å²) in [6.45, 7) is 2.63. The first kappa shape index (κ1) is 20.0. The van der Waals surface area contributed by atoms with Gasteiger partial charge in [-0.05, 0) is 11.1 Å². The van der Waals surface area contributed by atoms with Crippen molar-refractivity contribution >= 4 is 11.9 Å². The number of rotatable bonds is 5. The minimum absolute atomic E-state index is 0.0973. The molecule has 3 aliphatic rings. The summed E-state index contributed by atoms with van der Waals surface area (Å²) in [5.41, 5.74) is 2.46. The Morgan fingerprint density at radius 3 is 1.84 bits per heavy atom. The number of nitrogens with zero attached hydrogens (tertiary/aromatic N) is 2. The van der Waals surface area contributed by atoms with Crippen LogP contribution in [0.2, 0.25) is 0 Å². The largest absolute Gasteiger partial charge is 0.481 e. The van der Waals surface area contributed by atoms with Gasteiger partial charge in [0.15, 0.2) is 0 Å². The normalized spacial score (nSPS) is 27.7. The molecule has 3 aliphatic heterocycles. The second-order valence-corrected chi connectivity index (χ2v) is 8.43. The molecule has 0 radical (unpaired) electrons. The molecule has 2 fully saturated rings. The Morgan fingerprint density at radius 1 is 0.806 bits per heavy atom. The van der Waals surface area contributed by atoms with Gasteiger partial charge in [-0.1, -0.05) is 72.8 Å². The van der Waals surface area contributed by atoms with Crippen LogP contribution in [0.1, 0.15) is 17.2 Å². The molecule has 0 aromatic heterocycles. The van der Waals surface area contributed by atoms with Crippen LogP contribution < -0.4 is 0 Å². The van der Waals surface area contributed by atoms with E-state index in [1.807, 2.05) is 23.1 Å². The standard InChI is InChI=1S/C25H26N2O4/c28-24(21-19-11-12-20(31-19)22(21)25(29)30)27-15-13-26(14-16-27)23(17-7-3-1-4-8-17)18-9-5-2-6-10-18/h1-12,19-23H,13-16H2,(H,29,30)/t19-,20-,21-,22-/m0/s1. The summed E-state index contributed by atoms with van der Waals surface area (Å²) in [5, 5.41) is 9.63. The number of hydrogen-bond donors (Lipinski definition) is 1. The molecule has 2 aromatic rings. The number of piperazine rings is 1. The summed E-state index contributed by atoms with van der Waals surface area (Å²) in [6.07, 6.45) is 2.70. The third-order valence-electron chi connectivity index (χ3n) is 6.69.